The Kier molecular flexibility index (Phi) is 4.43. The Morgan fingerprint density at radius 2 is 1.02 bits per heavy atom. The highest BCUT2D eigenvalue weighted by Crippen LogP contribution is 2.46. The van der Waals surface area contributed by atoms with Gasteiger partial charge in [0.25, 0.3) is 0 Å². The molecule has 0 saturated heterocycles. The summed E-state index contributed by atoms with van der Waals surface area (Å²) in [5.41, 5.74) is 4.83. The van der Waals surface area contributed by atoms with Crippen molar-refractivity contribution in [2.45, 2.75) is 0 Å². The molecule has 0 saturated carbocycles. The number of furan rings is 1. The van der Waals surface area contributed by atoms with Crippen molar-refractivity contribution in [1.82, 2.24) is 0 Å². The molecular formula is C50H30O. The Labute approximate surface area is 307 Å². The molecule has 0 bridgehead atoms. The number of hydrogen-bond acceptors (Lipinski definition) is 1. The molecule has 0 atom stereocenters. The summed E-state index contributed by atoms with van der Waals surface area (Å²) in [5.74, 6) is 0. The summed E-state index contributed by atoms with van der Waals surface area (Å²) in [6.45, 7) is 0. The smallest absolute Gasteiger partial charge is 0.143 e. The van der Waals surface area contributed by atoms with E-state index in [-0.39, 0.29) is 56.4 Å². The Hall–Kier alpha value is -6.70. The molecule has 10 aromatic carbocycles. The highest BCUT2D eigenvalue weighted by atomic mass is 16.3. The molecule has 0 aliphatic carbocycles. The lowest BCUT2D eigenvalue weighted by atomic mass is 9.84. The molecule has 0 unspecified atom stereocenters. The van der Waals surface area contributed by atoms with Gasteiger partial charge in [-0.2, -0.15) is 0 Å². The van der Waals surface area contributed by atoms with E-state index < -0.39 is 36.3 Å². The van der Waals surface area contributed by atoms with Gasteiger partial charge in [0.15, 0.2) is 0 Å². The predicted molar refractivity (Wildman–Crippen MR) is 218 cm³/mol. The quantitative estimate of drug-likeness (QED) is 0.173. The third-order valence-electron chi connectivity index (χ3n) is 10.2. The zero-order chi connectivity index (χ0) is 41.3. The van der Waals surface area contributed by atoms with Crippen molar-refractivity contribution in [1.29, 1.82) is 0 Å². The Morgan fingerprint density at radius 1 is 0.373 bits per heavy atom. The summed E-state index contributed by atoms with van der Waals surface area (Å²) in [4.78, 5) is 0. The van der Waals surface area contributed by atoms with Gasteiger partial charge >= 0.3 is 0 Å². The summed E-state index contributed by atoms with van der Waals surface area (Å²) >= 11 is 0. The van der Waals surface area contributed by atoms with Gasteiger partial charge in [-0.05, 0) is 106 Å². The lowest BCUT2D eigenvalue weighted by Gasteiger charge is -2.19. The van der Waals surface area contributed by atoms with E-state index in [1.807, 2.05) is 42.5 Å². The van der Waals surface area contributed by atoms with E-state index in [1.54, 1.807) is 0 Å². The third kappa shape index (κ3) is 4.22. The first-order valence-corrected chi connectivity index (χ1v) is 16.9. The van der Waals surface area contributed by atoms with Crippen LogP contribution >= 0.6 is 0 Å². The van der Waals surface area contributed by atoms with Crippen molar-refractivity contribution in [3.8, 4) is 33.4 Å². The zero-order valence-corrected chi connectivity index (χ0v) is 27.0. The Bertz CT molecular complexity index is 3660. The van der Waals surface area contributed by atoms with Gasteiger partial charge in [0.05, 0.1) is 12.3 Å². The molecule has 236 valence electrons. The Morgan fingerprint density at radius 3 is 1.78 bits per heavy atom. The summed E-state index contributed by atoms with van der Waals surface area (Å²) in [6.07, 6.45) is 0. The van der Waals surface area contributed by atoms with E-state index in [2.05, 4.69) is 84.9 Å². The lowest BCUT2D eigenvalue weighted by molar-refractivity contribution is 0.673. The highest BCUT2D eigenvalue weighted by Gasteiger charge is 2.19. The van der Waals surface area contributed by atoms with Crippen LogP contribution in [0.25, 0.3) is 109 Å². The second kappa shape index (κ2) is 10.9. The van der Waals surface area contributed by atoms with E-state index in [0.717, 1.165) is 60.0 Å². The average Bonchev–Trinajstić information content (AvgIpc) is 3.67. The standard InChI is InChI=1S/C50H30O/c1-2-13-34-29-35(25-23-31(34)11-1)47-40-16-5-7-18-42(40)48(43-19-8-6-17-41(43)47)36-26-24-33-14-9-20-38(45(33)30-36)39-21-10-22-46-49(39)44-28-27-32-12-3-4-15-37(32)50(44)51-46/h1-30H/i3D,4D,10D,12D,15D,21D,22D,27D,28D. The lowest BCUT2D eigenvalue weighted by Crippen LogP contribution is -1.91. The van der Waals surface area contributed by atoms with Crippen molar-refractivity contribution in [3.05, 3.63) is 182 Å². The predicted octanol–water partition coefficient (Wildman–Crippen LogP) is 14.4. The molecular weight excluding hydrogens is 617 g/mol. The van der Waals surface area contributed by atoms with Crippen molar-refractivity contribution in [2.75, 3.05) is 0 Å². The fraction of sp³-hybridized carbons (Fsp3) is 0. The van der Waals surface area contributed by atoms with Crippen LogP contribution in [0.2, 0.25) is 0 Å². The molecule has 11 rings (SSSR count). The molecule has 0 spiro atoms. The van der Waals surface area contributed by atoms with E-state index >= 15 is 0 Å². The van der Waals surface area contributed by atoms with Gasteiger partial charge in [-0.25, -0.2) is 0 Å². The second-order valence-corrected chi connectivity index (χ2v) is 12.9. The molecule has 1 aromatic heterocycles. The number of hydrogen-bond donors (Lipinski definition) is 0. The van der Waals surface area contributed by atoms with Crippen LogP contribution in [0.1, 0.15) is 12.3 Å². The molecule has 0 radical (unpaired) electrons. The third-order valence-corrected chi connectivity index (χ3v) is 10.2. The topological polar surface area (TPSA) is 13.1 Å². The van der Waals surface area contributed by atoms with Crippen molar-refractivity contribution < 1.29 is 16.8 Å². The maximum absolute atomic E-state index is 9.38. The largest absolute Gasteiger partial charge is 0.455 e. The van der Waals surface area contributed by atoms with Gasteiger partial charge in [0.1, 0.15) is 11.2 Å². The molecule has 1 nitrogen and oxygen atoms in total. The molecule has 0 aliphatic heterocycles. The number of benzene rings is 10. The van der Waals surface area contributed by atoms with Crippen LogP contribution in [0.5, 0.6) is 0 Å². The van der Waals surface area contributed by atoms with Crippen LogP contribution < -0.4 is 0 Å². The maximum atomic E-state index is 9.38. The first kappa shape index (κ1) is 20.7. The van der Waals surface area contributed by atoms with E-state index in [0.29, 0.717) is 5.56 Å². The first-order chi connectivity index (χ1) is 29.0. The van der Waals surface area contributed by atoms with Crippen LogP contribution in [0.4, 0.5) is 0 Å². The average molecular weight is 656 g/mol. The summed E-state index contributed by atoms with van der Waals surface area (Å²) < 4.78 is 85.9. The molecule has 1 heterocycles. The van der Waals surface area contributed by atoms with Gasteiger partial charge in [0.2, 0.25) is 0 Å². The minimum absolute atomic E-state index is 0.0546. The molecule has 0 fully saturated rings. The van der Waals surface area contributed by atoms with Crippen LogP contribution in [0.15, 0.2) is 186 Å². The normalized spacial score (nSPS) is 14.4. The number of rotatable bonds is 3. The molecule has 0 aliphatic rings. The molecule has 11 aromatic rings. The van der Waals surface area contributed by atoms with Crippen LogP contribution in [0, 0.1) is 0 Å². The zero-order valence-electron chi connectivity index (χ0n) is 36.0. The molecule has 0 amide bonds. The van der Waals surface area contributed by atoms with Gasteiger partial charge < -0.3 is 4.42 Å². The minimum Gasteiger partial charge on any atom is -0.455 e. The molecule has 0 N–H and O–H groups in total. The summed E-state index contributed by atoms with van der Waals surface area (Å²) in [6, 6.07) is 39.9. The van der Waals surface area contributed by atoms with Gasteiger partial charge in [-0.15, -0.1) is 0 Å². The van der Waals surface area contributed by atoms with E-state index in [9.17, 15) is 2.74 Å². The van der Waals surface area contributed by atoms with Crippen molar-refractivity contribution in [2.24, 2.45) is 0 Å². The van der Waals surface area contributed by atoms with Crippen LogP contribution in [0.3, 0.4) is 0 Å². The summed E-state index contributed by atoms with van der Waals surface area (Å²) in [7, 11) is 0. The minimum atomic E-state index is -0.532. The van der Waals surface area contributed by atoms with Crippen LogP contribution in [-0.2, 0) is 0 Å². The van der Waals surface area contributed by atoms with Gasteiger partial charge in [-0.1, -0.05) is 158 Å². The maximum Gasteiger partial charge on any atom is 0.143 e. The molecule has 51 heavy (non-hydrogen) atoms. The Balaban J connectivity index is 1.23. The first-order valence-electron chi connectivity index (χ1n) is 21.4. The second-order valence-electron chi connectivity index (χ2n) is 12.9. The highest BCUT2D eigenvalue weighted by molar-refractivity contribution is 6.23. The number of fused-ring (bicyclic) bond motifs is 9. The van der Waals surface area contributed by atoms with Gasteiger partial charge in [-0.3, -0.25) is 0 Å². The van der Waals surface area contributed by atoms with Crippen molar-refractivity contribution in [3.63, 3.8) is 0 Å². The molecule has 1 heteroatoms. The fourth-order valence-corrected chi connectivity index (χ4v) is 7.91. The SMILES string of the molecule is [2H]c1c([2H])c(-c2cccc3ccc(-c4c5ccccc5c(-c5ccc6ccccc6c5)c5ccccc45)cc23)c2c(oc3c4c([2H])c([2H])c([2H])c([2H])c4c([2H])c([2H])c32)c1[2H]. The fourth-order valence-electron chi connectivity index (χ4n) is 7.91. The van der Waals surface area contributed by atoms with Crippen LogP contribution in [-0.4, -0.2) is 0 Å². The van der Waals surface area contributed by atoms with Crippen molar-refractivity contribution >= 4 is 75.8 Å². The summed E-state index contributed by atoms with van der Waals surface area (Å²) in [5, 5.41) is 8.24. The monoisotopic (exact) mass is 655 g/mol. The van der Waals surface area contributed by atoms with Gasteiger partial charge in [0, 0.05) is 16.2 Å². The van der Waals surface area contributed by atoms with E-state index in [1.165, 1.54) is 5.39 Å². The van der Waals surface area contributed by atoms with E-state index in [4.69, 9.17) is 14.0 Å².